The zero-order chi connectivity index (χ0) is 15.1. The molecule has 21 heavy (non-hydrogen) atoms. The molecular formula is C18H19NO2. The lowest BCUT2D eigenvalue weighted by Gasteiger charge is -2.35. The average Bonchev–Trinajstić information content (AvgIpc) is 2.56. The van der Waals surface area contributed by atoms with Gasteiger partial charge in [0.15, 0.2) is 0 Å². The van der Waals surface area contributed by atoms with Gasteiger partial charge in [-0.15, -0.1) is 0 Å². The third-order valence-electron chi connectivity index (χ3n) is 3.58. The summed E-state index contributed by atoms with van der Waals surface area (Å²) in [7, 11) is 0. The summed E-state index contributed by atoms with van der Waals surface area (Å²) in [6.07, 6.45) is 3.62. The molecule has 0 aliphatic carbocycles. The Bertz CT molecular complexity index is 554. The highest BCUT2D eigenvalue weighted by Crippen LogP contribution is 2.32. The van der Waals surface area contributed by atoms with Crippen molar-refractivity contribution in [3.05, 3.63) is 84.1 Å². The number of rotatable bonds is 6. The first kappa shape index (κ1) is 15.0. The number of nitrogens with one attached hydrogen (secondary N) is 1. The number of hydrogen-bond donors (Lipinski definition) is 2. The Kier molecular flexibility index (Phi) is 4.90. The Morgan fingerprint density at radius 1 is 1.00 bits per heavy atom. The van der Waals surface area contributed by atoms with Crippen molar-refractivity contribution in [2.75, 3.05) is 0 Å². The van der Waals surface area contributed by atoms with Crippen molar-refractivity contribution in [3.8, 4) is 0 Å². The van der Waals surface area contributed by atoms with Crippen LogP contribution in [0.1, 0.15) is 18.1 Å². The molecule has 0 amide bonds. The molecule has 3 nitrogen and oxygen atoms in total. The van der Waals surface area contributed by atoms with Crippen LogP contribution in [-0.4, -0.2) is 17.4 Å². The fourth-order valence-corrected chi connectivity index (χ4v) is 2.41. The lowest BCUT2D eigenvalue weighted by atomic mass is 9.81. The molecule has 0 aromatic heterocycles. The topological polar surface area (TPSA) is 49.3 Å². The van der Waals surface area contributed by atoms with Crippen LogP contribution in [0.4, 0.5) is 0 Å². The van der Waals surface area contributed by atoms with E-state index in [-0.39, 0.29) is 6.04 Å². The standard InChI is InChI=1S/C18H19NO2/c1-15(19-13-8-14-20)18(21,16-9-4-2-5-10-16)17-11-6-3-7-12-17/h2-15,19,21H,1H3/b13-8+/t15-/m1/s1. The molecule has 0 spiro atoms. The van der Waals surface area contributed by atoms with E-state index in [0.717, 1.165) is 11.1 Å². The van der Waals surface area contributed by atoms with E-state index in [2.05, 4.69) is 5.32 Å². The maximum atomic E-state index is 11.3. The summed E-state index contributed by atoms with van der Waals surface area (Å²) in [6, 6.07) is 18.7. The SMILES string of the molecule is C[C@@H](N/C=C/C=O)C(O)(c1ccccc1)c1ccccc1. The number of carbonyl (C=O) groups is 1. The van der Waals surface area contributed by atoms with E-state index in [1.54, 1.807) is 6.20 Å². The fraction of sp³-hybridized carbons (Fsp3) is 0.167. The van der Waals surface area contributed by atoms with E-state index >= 15 is 0 Å². The van der Waals surface area contributed by atoms with Crippen molar-refractivity contribution in [2.24, 2.45) is 0 Å². The fourth-order valence-electron chi connectivity index (χ4n) is 2.41. The summed E-state index contributed by atoms with van der Waals surface area (Å²) in [4.78, 5) is 10.4. The third-order valence-corrected chi connectivity index (χ3v) is 3.58. The van der Waals surface area contributed by atoms with Gasteiger partial charge in [-0.3, -0.25) is 4.79 Å². The van der Waals surface area contributed by atoms with E-state index in [1.165, 1.54) is 6.08 Å². The molecule has 0 saturated carbocycles. The smallest absolute Gasteiger partial charge is 0.144 e. The minimum atomic E-state index is -1.18. The zero-order valence-corrected chi connectivity index (χ0v) is 11.9. The number of aliphatic hydroxyl groups is 1. The molecule has 0 saturated heterocycles. The van der Waals surface area contributed by atoms with Gasteiger partial charge in [0.05, 0.1) is 6.04 Å². The Labute approximate surface area is 124 Å². The van der Waals surface area contributed by atoms with Crippen LogP contribution in [0.15, 0.2) is 72.9 Å². The average molecular weight is 281 g/mol. The molecule has 108 valence electrons. The van der Waals surface area contributed by atoms with Crippen LogP contribution in [-0.2, 0) is 10.4 Å². The maximum absolute atomic E-state index is 11.3. The predicted molar refractivity (Wildman–Crippen MR) is 83.7 cm³/mol. The maximum Gasteiger partial charge on any atom is 0.144 e. The van der Waals surface area contributed by atoms with Gasteiger partial charge in [0.1, 0.15) is 11.9 Å². The molecule has 0 aliphatic heterocycles. The molecule has 0 heterocycles. The van der Waals surface area contributed by atoms with Crippen molar-refractivity contribution < 1.29 is 9.90 Å². The molecule has 0 bridgehead atoms. The molecule has 0 aliphatic rings. The van der Waals surface area contributed by atoms with Crippen LogP contribution in [0.25, 0.3) is 0 Å². The first-order valence-electron chi connectivity index (χ1n) is 6.89. The first-order valence-corrected chi connectivity index (χ1v) is 6.89. The molecule has 2 rings (SSSR count). The van der Waals surface area contributed by atoms with Gasteiger partial charge in [-0.05, 0) is 30.3 Å². The molecule has 0 radical (unpaired) electrons. The highest BCUT2D eigenvalue weighted by molar-refractivity contribution is 5.64. The van der Waals surface area contributed by atoms with Crippen LogP contribution >= 0.6 is 0 Å². The number of carbonyl (C=O) groups excluding carboxylic acids is 1. The minimum Gasteiger partial charge on any atom is -0.385 e. The quantitative estimate of drug-likeness (QED) is 0.632. The van der Waals surface area contributed by atoms with Gasteiger partial charge in [-0.25, -0.2) is 0 Å². The summed E-state index contributed by atoms with van der Waals surface area (Å²) in [6.45, 7) is 1.88. The number of benzene rings is 2. The summed E-state index contributed by atoms with van der Waals surface area (Å²) < 4.78 is 0. The normalized spacial score (nSPS) is 13.0. The summed E-state index contributed by atoms with van der Waals surface area (Å²) in [5.74, 6) is 0. The van der Waals surface area contributed by atoms with Gasteiger partial charge in [-0.1, -0.05) is 60.7 Å². The highest BCUT2D eigenvalue weighted by atomic mass is 16.3. The molecule has 2 aromatic rings. The van der Waals surface area contributed by atoms with E-state index in [9.17, 15) is 9.90 Å². The second-order valence-electron chi connectivity index (χ2n) is 4.88. The molecule has 0 fully saturated rings. The number of allylic oxidation sites excluding steroid dienone is 1. The Morgan fingerprint density at radius 3 is 1.90 bits per heavy atom. The van der Waals surface area contributed by atoms with Gasteiger partial charge in [0, 0.05) is 0 Å². The monoisotopic (exact) mass is 281 g/mol. The summed E-state index contributed by atoms with van der Waals surface area (Å²) in [5, 5.41) is 14.4. The Morgan fingerprint density at radius 2 is 1.48 bits per heavy atom. The highest BCUT2D eigenvalue weighted by Gasteiger charge is 2.37. The van der Waals surface area contributed by atoms with Crippen molar-refractivity contribution in [1.82, 2.24) is 5.32 Å². The minimum absolute atomic E-state index is 0.307. The second kappa shape index (κ2) is 6.86. The molecule has 1 atom stereocenters. The molecule has 2 aromatic carbocycles. The van der Waals surface area contributed by atoms with Gasteiger partial charge >= 0.3 is 0 Å². The number of aldehydes is 1. The van der Waals surface area contributed by atoms with Crippen LogP contribution in [0, 0.1) is 0 Å². The van der Waals surface area contributed by atoms with Gasteiger partial charge in [-0.2, -0.15) is 0 Å². The molecule has 0 unspecified atom stereocenters. The van der Waals surface area contributed by atoms with Gasteiger partial charge < -0.3 is 10.4 Å². The van der Waals surface area contributed by atoms with Crippen LogP contribution in [0.5, 0.6) is 0 Å². The van der Waals surface area contributed by atoms with E-state index < -0.39 is 5.60 Å². The van der Waals surface area contributed by atoms with Crippen LogP contribution < -0.4 is 5.32 Å². The molecule has 2 N–H and O–H groups in total. The van der Waals surface area contributed by atoms with Crippen molar-refractivity contribution in [1.29, 1.82) is 0 Å². The Hall–Kier alpha value is -2.39. The first-order chi connectivity index (χ1) is 10.2. The largest absolute Gasteiger partial charge is 0.385 e. The van der Waals surface area contributed by atoms with Gasteiger partial charge in [0.2, 0.25) is 0 Å². The molecule has 3 heteroatoms. The van der Waals surface area contributed by atoms with Crippen LogP contribution in [0.3, 0.4) is 0 Å². The van der Waals surface area contributed by atoms with Crippen molar-refractivity contribution in [3.63, 3.8) is 0 Å². The lowest BCUT2D eigenvalue weighted by Crippen LogP contribution is -2.45. The van der Waals surface area contributed by atoms with Crippen molar-refractivity contribution >= 4 is 6.29 Å². The van der Waals surface area contributed by atoms with Gasteiger partial charge in [0.25, 0.3) is 0 Å². The molecular weight excluding hydrogens is 262 g/mol. The summed E-state index contributed by atoms with van der Waals surface area (Å²) in [5.41, 5.74) is 0.418. The zero-order valence-electron chi connectivity index (χ0n) is 11.9. The van der Waals surface area contributed by atoms with E-state index in [0.29, 0.717) is 6.29 Å². The van der Waals surface area contributed by atoms with E-state index in [4.69, 9.17) is 0 Å². The predicted octanol–water partition coefficient (Wildman–Crippen LogP) is 2.61. The lowest BCUT2D eigenvalue weighted by molar-refractivity contribution is -0.104. The van der Waals surface area contributed by atoms with Crippen LogP contribution in [0.2, 0.25) is 0 Å². The van der Waals surface area contributed by atoms with Crippen molar-refractivity contribution in [2.45, 2.75) is 18.6 Å². The number of hydrogen-bond acceptors (Lipinski definition) is 3. The second-order valence-corrected chi connectivity index (χ2v) is 4.88. The summed E-state index contributed by atoms with van der Waals surface area (Å²) >= 11 is 0. The Balaban J connectivity index is 2.44. The third kappa shape index (κ3) is 3.20. The van der Waals surface area contributed by atoms with E-state index in [1.807, 2.05) is 67.6 Å².